The van der Waals surface area contributed by atoms with Crippen LogP contribution in [0.15, 0.2) is 60.7 Å². The summed E-state index contributed by atoms with van der Waals surface area (Å²) < 4.78 is 6.53. The molecule has 0 aliphatic carbocycles. The Hall–Kier alpha value is -1.27. The van der Waals surface area contributed by atoms with Gasteiger partial charge < -0.3 is 8.69 Å². The molecular weight excluding hydrogens is 285 g/mol. The minimum atomic E-state index is -1.11. The van der Waals surface area contributed by atoms with E-state index < -0.39 is 14.5 Å². The van der Waals surface area contributed by atoms with Gasteiger partial charge in [0.2, 0.25) is 0 Å². The van der Waals surface area contributed by atoms with Gasteiger partial charge in [0.1, 0.15) is 6.23 Å². The van der Waals surface area contributed by atoms with E-state index in [0.717, 1.165) is 6.42 Å². The van der Waals surface area contributed by atoms with Gasteiger partial charge in [-0.15, -0.1) is 0 Å². The van der Waals surface area contributed by atoms with E-state index in [1.54, 1.807) is 0 Å². The zero-order chi connectivity index (χ0) is 15.8. The smallest absolute Gasteiger partial charge is 0.461 e. The molecule has 0 heterocycles. The van der Waals surface area contributed by atoms with Gasteiger partial charge in [-0.25, -0.2) is 0 Å². The molecule has 0 aromatic heterocycles. The molecule has 1 unspecified atom stereocenters. The van der Waals surface area contributed by atoms with Crippen LogP contribution in [-0.2, 0) is 3.79 Å². The molecule has 2 nitrogen and oxygen atoms in total. The molecule has 0 fully saturated rings. The van der Waals surface area contributed by atoms with Crippen LogP contribution in [0.4, 0.5) is 11.4 Å². The Morgan fingerprint density at radius 2 is 1.27 bits per heavy atom. The average Bonchev–Trinajstić information content (AvgIpc) is 2.60. The Balaban J connectivity index is 2.34. The Labute approximate surface area is 139 Å². The molecule has 2 rings (SSSR count). The van der Waals surface area contributed by atoms with Crippen LogP contribution in [0.1, 0.15) is 27.2 Å². The quantitative estimate of drug-likeness (QED) is 0.464. The monoisotopic (exact) mass is 311 g/mol. The predicted octanol–water partition coefficient (Wildman–Crippen LogP) is 5.61. The summed E-state index contributed by atoms with van der Waals surface area (Å²) in [6.07, 6.45) is 1.09. The van der Waals surface area contributed by atoms with Crippen LogP contribution in [0.3, 0.4) is 0 Å². The molecule has 2 aromatic rings. The Morgan fingerprint density at radius 3 is 1.64 bits per heavy atom. The summed E-state index contributed by atoms with van der Waals surface area (Å²) in [5.74, 6) is 0. The third-order valence-corrected chi connectivity index (χ3v) is 6.49. The summed E-state index contributed by atoms with van der Waals surface area (Å²) in [5, 5.41) is 2.37. The first-order chi connectivity index (χ1) is 10.8. The SMILES string of the molecule is CCC([O][Al]([CH2]C)[CH2]C)N(c1ccccc1)c1ccccc1. The number of nitrogens with zero attached hydrogens (tertiary/aromatic N) is 1. The molecule has 0 saturated heterocycles. The summed E-state index contributed by atoms with van der Waals surface area (Å²) in [6, 6.07) is 21.1. The van der Waals surface area contributed by atoms with Gasteiger partial charge in [-0.05, 0) is 30.7 Å². The molecule has 0 aliphatic rings. The zero-order valence-corrected chi connectivity index (χ0v) is 15.1. The fraction of sp³-hybridized carbons (Fsp3) is 0.368. The molecule has 22 heavy (non-hydrogen) atoms. The number of hydrogen-bond acceptors (Lipinski definition) is 2. The van der Waals surface area contributed by atoms with Crippen LogP contribution < -0.4 is 4.90 Å². The van der Waals surface area contributed by atoms with Crippen molar-refractivity contribution < 1.29 is 3.79 Å². The fourth-order valence-electron chi connectivity index (χ4n) is 2.70. The second-order valence-electron chi connectivity index (χ2n) is 5.48. The summed E-state index contributed by atoms with van der Waals surface area (Å²) in [7, 11) is 0. The highest BCUT2D eigenvalue weighted by atomic mass is 27.2. The predicted molar refractivity (Wildman–Crippen MR) is 96.9 cm³/mol. The van der Waals surface area contributed by atoms with Gasteiger partial charge in [0.15, 0.2) is 0 Å². The van der Waals surface area contributed by atoms with E-state index in [1.165, 1.54) is 21.9 Å². The zero-order valence-electron chi connectivity index (χ0n) is 13.9. The minimum absolute atomic E-state index is 0.112. The normalized spacial score (nSPS) is 12.0. The van der Waals surface area contributed by atoms with E-state index in [0.29, 0.717) is 0 Å². The van der Waals surface area contributed by atoms with Crippen LogP contribution in [-0.4, -0.2) is 20.7 Å². The highest BCUT2D eigenvalue weighted by Crippen LogP contribution is 2.29. The standard InChI is InChI=1S/C15H16NO.2C2H5.Al/c1-2-15(17)16(13-9-5-3-6-10-13)14-11-7-4-8-12-14;2*1-2;/h3-12,15H,2H2,1H3;2*1H2,2H3;/q-1;;;+1. The largest absolute Gasteiger partial charge is 0.482 e. The van der Waals surface area contributed by atoms with Gasteiger partial charge in [0.25, 0.3) is 0 Å². The van der Waals surface area contributed by atoms with E-state index in [9.17, 15) is 0 Å². The van der Waals surface area contributed by atoms with Crippen molar-refractivity contribution in [3.8, 4) is 0 Å². The first kappa shape index (κ1) is 17.1. The molecule has 1 atom stereocenters. The molecule has 0 saturated carbocycles. The highest BCUT2D eigenvalue weighted by molar-refractivity contribution is 6.51. The molecule has 0 amide bonds. The van der Waals surface area contributed by atoms with E-state index in [4.69, 9.17) is 3.79 Å². The lowest BCUT2D eigenvalue weighted by Gasteiger charge is -2.35. The molecular formula is C19H26AlNO. The van der Waals surface area contributed by atoms with E-state index in [1.807, 2.05) is 0 Å². The van der Waals surface area contributed by atoms with Crippen LogP contribution in [0, 0.1) is 0 Å². The fourth-order valence-corrected chi connectivity index (χ4v) is 4.42. The van der Waals surface area contributed by atoms with Gasteiger partial charge in [-0.3, -0.25) is 0 Å². The van der Waals surface area contributed by atoms with Gasteiger partial charge in [-0.2, -0.15) is 0 Å². The van der Waals surface area contributed by atoms with E-state index in [-0.39, 0.29) is 6.23 Å². The Bertz CT molecular complexity index is 488. The number of rotatable bonds is 8. The minimum Gasteiger partial charge on any atom is -0.482 e. The second kappa shape index (κ2) is 9.00. The average molecular weight is 311 g/mol. The van der Waals surface area contributed by atoms with Crippen molar-refractivity contribution >= 4 is 25.9 Å². The summed E-state index contributed by atoms with van der Waals surface area (Å²) in [5.41, 5.74) is 2.39. The summed E-state index contributed by atoms with van der Waals surface area (Å²) in [6.45, 7) is 6.71. The molecule has 0 radical (unpaired) electrons. The third-order valence-electron chi connectivity index (χ3n) is 3.97. The van der Waals surface area contributed by atoms with Gasteiger partial charge in [-0.1, -0.05) is 67.7 Å². The molecule has 116 valence electrons. The van der Waals surface area contributed by atoms with Crippen LogP contribution in [0.5, 0.6) is 0 Å². The maximum absolute atomic E-state index is 6.53. The van der Waals surface area contributed by atoms with Crippen molar-refractivity contribution in [3.05, 3.63) is 60.7 Å². The maximum Gasteiger partial charge on any atom is 0.461 e. The second-order valence-corrected chi connectivity index (χ2v) is 8.63. The molecule has 3 heteroatoms. The van der Waals surface area contributed by atoms with Crippen molar-refractivity contribution in [2.75, 3.05) is 4.90 Å². The van der Waals surface area contributed by atoms with Crippen molar-refractivity contribution in [2.24, 2.45) is 0 Å². The Kier molecular flexibility index (Phi) is 6.99. The lowest BCUT2D eigenvalue weighted by molar-refractivity contribution is 0.202. The molecule has 2 aromatic carbocycles. The lowest BCUT2D eigenvalue weighted by Crippen LogP contribution is -2.37. The van der Waals surface area contributed by atoms with Crippen molar-refractivity contribution in [2.45, 2.75) is 44.0 Å². The van der Waals surface area contributed by atoms with E-state index >= 15 is 0 Å². The van der Waals surface area contributed by atoms with Crippen molar-refractivity contribution in [1.29, 1.82) is 0 Å². The van der Waals surface area contributed by atoms with Crippen LogP contribution in [0.25, 0.3) is 0 Å². The number of anilines is 2. The number of benzene rings is 2. The topological polar surface area (TPSA) is 12.5 Å². The first-order valence-electron chi connectivity index (χ1n) is 8.34. The number of para-hydroxylation sites is 2. The molecule has 0 N–H and O–H groups in total. The van der Waals surface area contributed by atoms with Crippen molar-refractivity contribution in [3.63, 3.8) is 0 Å². The summed E-state index contributed by atoms with van der Waals surface area (Å²) in [4.78, 5) is 2.34. The van der Waals surface area contributed by atoms with Crippen molar-refractivity contribution in [1.82, 2.24) is 0 Å². The van der Waals surface area contributed by atoms with Gasteiger partial charge >= 0.3 is 14.5 Å². The molecule has 0 spiro atoms. The lowest BCUT2D eigenvalue weighted by atomic mass is 10.2. The van der Waals surface area contributed by atoms with Crippen LogP contribution >= 0.6 is 0 Å². The van der Waals surface area contributed by atoms with Gasteiger partial charge in [0, 0.05) is 11.4 Å². The van der Waals surface area contributed by atoms with Gasteiger partial charge in [0.05, 0.1) is 0 Å². The van der Waals surface area contributed by atoms with Crippen LogP contribution in [0.2, 0.25) is 10.6 Å². The first-order valence-corrected chi connectivity index (χ1v) is 10.4. The third kappa shape index (κ3) is 4.37. The maximum atomic E-state index is 6.53. The molecule has 0 aliphatic heterocycles. The summed E-state index contributed by atoms with van der Waals surface area (Å²) >= 11 is -1.11. The Morgan fingerprint density at radius 1 is 0.818 bits per heavy atom. The van der Waals surface area contributed by atoms with E-state index in [2.05, 4.69) is 86.3 Å². The molecule has 0 bridgehead atoms. The number of hydrogen-bond donors (Lipinski definition) is 0. The highest BCUT2D eigenvalue weighted by Gasteiger charge is 2.25.